The van der Waals surface area contributed by atoms with Gasteiger partial charge in [-0.15, -0.1) is 0 Å². The second-order valence-corrected chi connectivity index (χ2v) is 8.46. The lowest BCUT2D eigenvalue weighted by atomic mass is 10.1. The van der Waals surface area contributed by atoms with E-state index in [-0.39, 0.29) is 24.9 Å². The summed E-state index contributed by atoms with van der Waals surface area (Å²) in [6.45, 7) is 3.79. The van der Waals surface area contributed by atoms with E-state index in [2.05, 4.69) is 17.6 Å². The Morgan fingerprint density at radius 1 is 1.04 bits per heavy atom. The first kappa shape index (κ1) is 21.3. The zero-order chi connectivity index (χ0) is 19.9. The highest BCUT2D eigenvalue weighted by Crippen LogP contribution is 2.18. The van der Waals surface area contributed by atoms with Crippen molar-refractivity contribution in [2.45, 2.75) is 24.7 Å². The van der Waals surface area contributed by atoms with E-state index < -0.39 is 10.0 Å². The van der Waals surface area contributed by atoms with Crippen LogP contribution in [0.25, 0.3) is 0 Å². The molecule has 2 rings (SSSR count). The van der Waals surface area contributed by atoms with Gasteiger partial charge in [0.05, 0.1) is 18.0 Å². The Kier molecular flexibility index (Phi) is 7.76. The number of carbonyl (C=O) groups excluding carboxylic acids is 2. The number of hydrogen-bond donors (Lipinski definition) is 2. The molecule has 1 aromatic carbocycles. The number of carbonyl (C=O) groups is 2. The topological polar surface area (TPSA) is 98.8 Å². The largest absolute Gasteiger partial charge is 0.358 e. The second kappa shape index (κ2) is 9.82. The van der Waals surface area contributed by atoms with Gasteiger partial charge in [0.1, 0.15) is 0 Å². The van der Waals surface area contributed by atoms with E-state index in [1.54, 1.807) is 12.1 Å². The third-order valence-electron chi connectivity index (χ3n) is 4.52. The Labute approximate surface area is 161 Å². The molecular weight excluding hydrogens is 368 g/mol. The molecule has 0 spiro atoms. The number of hydrogen-bond acceptors (Lipinski definition) is 5. The normalized spacial score (nSPS) is 16.1. The first-order chi connectivity index (χ1) is 12.9. The SMILES string of the molecule is CCCc1ccc(S(=O)(=O)N2CCN(CC(=O)NCC(=O)NC)CC2)cc1. The average Bonchev–Trinajstić information content (AvgIpc) is 2.67. The van der Waals surface area contributed by atoms with Gasteiger partial charge >= 0.3 is 0 Å². The fraction of sp³-hybridized carbons (Fsp3) is 0.556. The van der Waals surface area contributed by atoms with E-state index in [0.717, 1.165) is 18.4 Å². The molecule has 2 amide bonds. The molecule has 8 nitrogen and oxygen atoms in total. The molecule has 1 heterocycles. The molecule has 0 saturated carbocycles. The summed E-state index contributed by atoms with van der Waals surface area (Å²) in [5.41, 5.74) is 1.13. The number of likely N-dealkylation sites (N-methyl/N-ethyl adjacent to an activating group) is 1. The van der Waals surface area contributed by atoms with Crippen LogP contribution in [0.15, 0.2) is 29.2 Å². The van der Waals surface area contributed by atoms with Gasteiger partial charge in [-0.3, -0.25) is 14.5 Å². The molecule has 150 valence electrons. The predicted molar refractivity (Wildman–Crippen MR) is 103 cm³/mol. The number of benzene rings is 1. The monoisotopic (exact) mass is 396 g/mol. The van der Waals surface area contributed by atoms with Gasteiger partial charge in [-0.2, -0.15) is 4.31 Å². The van der Waals surface area contributed by atoms with Crippen molar-refractivity contribution in [3.05, 3.63) is 29.8 Å². The number of nitrogens with zero attached hydrogens (tertiary/aromatic N) is 2. The summed E-state index contributed by atoms with van der Waals surface area (Å²) in [6, 6.07) is 7.06. The van der Waals surface area contributed by atoms with E-state index in [1.807, 2.05) is 17.0 Å². The molecular formula is C18H28N4O4S. The molecule has 1 aliphatic heterocycles. The lowest BCUT2D eigenvalue weighted by molar-refractivity contribution is -0.126. The van der Waals surface area contributed by atoms with Crippen LogP contribution in [0.3, 0.4) is 0 Å². The van der Waals surface area contributed by atoms with E-state index in [1.165, 1.54) is 11.4 Å². The van der Waals surface area contributed by atoms with Crippen molar-refractivity contribution in [3.8, 4) is 0 Å². The number of sulfonamides is 1. The van der Waals surface area contributed by atoms with Crippen LogP contribution in [0.5, 0.6) is 0 Å². The fourth-order valence-corrected chi connectivity index (χ4v) is 4.34. The summed E-state index contributed by atoms with van der Waals surface area (Å²) in [5, 5.41) is 4.97. The first-order valence-corrected chi connectivity index (χ1v) is 10.6. The predicted octanol–water partition coefficient (Wildman–Crippen LogP) is -0.192. The minimum Gasteiger partial charge on any atom is -0.358 e. The first-order valence-electron chi connectivity index (χ1n) is 9.15. The summed E-state index contributed by atoms with van der Waals surface area (Å²) in [7, 11) is -2.01. The van der Waals surface area contributed by atoms with Gasteiger partial charge in [-0.25, -0.2) is 8.42 Å². The van der Waals surface area contributed by atoms with Gasteiger partial charge in [-0.1, -0.05) is 25.5 Å². The number of rotatable bonds is 8. The maximum atomic E-state index is 12.8. The molecule has 0 aromatic heterocycles. The van der Waals surface area contributed by atoms with E-state index in [4.69, 9.17) is 0 Å². The van der Waals surface area contributed by atoms with Crippen molar-refractivity contribution in [2.24, 2.45) is 0 Å². The molecule has 0 atom stereocenters. The third-order valence-corrected chi connectivity index (χ3v) is 6.44. The number of piperazine rings is 1. The fourth-order valence-electron chi connectivity index (χ4n) is 2.92. The zero-order valence-electron chi connectivity index (χ0n) is 15.9. The lowest BCUT2D eigenvalue weighted by Gasteiger charge is -2.33. The van der Waals surface area contributed by atoms with E-state index in [0.29, 0.717) is 31.1 Å². The average molecular weight is 397 g/mol. The van der Waals surface area contributed by atoms with Gasteiger partial charge in [0.25, 0.3) is 0 Å². The Morgan fingerprint density at radius 3 is 2.22 bits per heavy atom. The molecule has 0 bridgehead atoms. The molecule has 1 aromatic rings. The highest BCUT2D eigenvalue weighted by Gasteiger charge is 2.29. The summed E-state index contributed by atoms with van der Waals surface area (Å²) >= 11 is 0. The van der Waals surface area contributed by atoms with Crippen LogP contribution in [-0.2, 0) is 26.0 Å². The van der Waals surface area contributed by atoms with Crippen LogP contribution in [0.4, 0.5) is 0 Å². The van der Waals surface area contributed by atoms with Crippen LogP contribution >= 0.6 is 0 Å². The smallest absolute Gasteiger partial charge is 0.243 e. The highest BCUT2D eigenvalue weighted by molar-refractivity contribution is 7.89. The van der Waals surface area contributed by atoms with Crippen LogP contribution in [0.1, 0.15) is 18.9 Å². The van der Waals surface area contributed by atoms with Gasteiger partial charge in [0, 0.05) is 33.2 Å². The second-order valence-electron chi connectivity index (χ2n) is 6.52. The number of nitrogens with one attached hydrogen (secondary N) is 2. The summed E-state index contributed by atoms with van der Waals surface area (Å²) < 4.78 is 27.0. The molecule has 0 aliphatic carbocycles. The zero-order valence-corrected chi connectivity index (χ0v) is 16.7. The molecule has 9 heteroatoms. The Bertz CT molecular complexity index is 741. The van der Waals surface area contributed by atoms with Crippen molar-refractivity contribution in [2.75, 3.05) is 46.3 Å². The lowest BCUT2D eigenvalue weighted by Crippen LogP contribution is -2.51. The van der Waals surface area contributed by atoms with Gasteiger partial charge in [0.15, 0.2) is 0 Å². The van der Waals surface area contributed by atoms with E-state index >= 15 is 0 Å². The van der Waals surface area contributed by atoms with Crippen molar-refractivity contribution < 1.29 is 18.0 Å². The van der Waals surface area contributed by atoms with Gasteiger partial charge in [-0.05, 0) is 24.1 Å². The number of amides is 2. The summed E-state index contributed by atoms with van der Waals surface area (Å²) in [4.78, 5) is 25.2. The van der Waals surface area contributed by atoms with Crippen LogP contribution in [0.2, 0.25) is 0 Å². The van der Waals surface area contributed by atoms with Crippen molar-refractivity contribution >= 4 is 21.8 Å². The highest BCUT2D eigenvalue weighted by atomic mass is 32.2. The van der Waals surface area contributed by atoms with Crippen molar-refractivity contribution in [3.63, 3.8) is 0 Å². The molecule has 0 radical (unpaired) electrons. The molecule has 0 unspecified atom stereocenters. The molecule has 1 aliphatic rings. The minimum atomic E-state index is -3.52. The van der Waals surface area contributed by atoms with Gasteiger partial charge in [0.2, 0.25) is 21.8 Å². The third kappa shape index (κ3) is 6.02. The quantitative estimate of drug-likeness (QED) is 0.635. The van der Waals surface area contributed by atoms with Crippen LogP contribution in [0, 0.1) is 0 Å². The number of aryl methyl sites for hydroxylation is 1. The Hall–Kier alpha value is -1.97. The minimum absolute atomic E-state index is 0.0578. The molecule has 2 N–H and O–H groups in total. The summed E-state index contributed by atoms with van der Waals surface area (Å²) in [6.07, 6.45) is 1.95. The Balaban J connectivity index is 1.86. The van der Waals surface area contributed by atoms with Crippen molar-refractivity contribution in [1.82, 2.24) is 19.8 Å². The maximum Gasteiger partial charge on any atom is 0.243 e. The summed E-state index contributed by atoms with van der Waals surface area (Å²) in [5.74, 6) is -0.509. The molecule has 1 saturated heterocycles. The van der Waals surface area contributed by atoms with Crippen LogP contribution < -0.4 is 10.6 Å². The van der Waals surface area contributed by atoms with Crippen LogP contribution in [-0.4, -0.2) is 75.8 Å². The molecule has 1 fully saturated rings. The maximum absolute atomic E-state index is 12.8. The molecule has 27 heavy (non-hydrogen) atoms. The Morgan fingerprint density at radius 2 is 1.67 bits per heavy atom. The van der Waals surface area contributed by atoms with E-state index in [9.17, 15) is 18.0 Å². The van der Waals surface area contributed by atoms with Crippen molar-refractivity contribution in [1.29, 1.82) is 0 Å². The van der Waals surface area contributed by atoms with Gasteiger partial charge < -0.3 is 10.6 Å². The standard InChI is InChI=1S/C18H28N4O4S/c1-3-4-15-5-7-16(8-6-15)27(25,26)22-11-9-21(10-12-22)14-18(24)20-13-17(23)19-2/h5-8H,3-4,9-14H2,1-2H3,(H,19,23)(H,20,24).